The largest absolute Gasteiger partial charge is 0.317 e. The molecule has 2 aliphatic rings. The molecule has 0 unspecified atom stereocenters. The summed E-state index contributed by atoms with van der Waals surface area (Å²) in [4.78, 5) is 16.6. The van der Waals surface area contributed by atoms with Crippen molar-refractivity contribution in [2.45, 2.75) is 13.3 Å². The van der Waals surface area contributed by atoms with E-state index in [9.17, 15) is 4.79 Å². The molecule has 0 fully saturated rings. The summed E-state index contributed by atoms with van der Waals surface area (Å²) in [5, 5.41) is 16.4. The summed E-state index contributed by atoms with van der Waals surface area (Å²) in [6.07, 6.45) is 4.18. The van der Waals surface area contributed by atoms with E-state index in [1.54, 1.807) is 24.3 Å². The normalized spacial score (nSPS) is 18.0. The molecule has 2 aliphatic heterocycles. The number of thioether (sulfide) groups is 1. The van der Waals surface area contributed by atoms with Crippen molar-refractivity contribution in [2.75, 3.05) is 0 Å². The van der Waals surface area contributed by atoms with Gasteiger partial charge in [-0.05, 0) is 54.6 Å². The smallest absolute Gasteiger partial charge is 0.283 e. The van der Waals surface area contributed by atoms with E-state index in [4.69, 9.17) is 28.6 Å². The van der Waals surface area contributed by atoms with Crippen molar-refractivity contribution in [3.63, 3.8) is 0 Å². The zero-order chi connectivity index (χ0) is 19.1. The van der Waals surface area contributed by atoms with Crippen LogP contribution in [0.5, 0.6) is 0 Å². The van der Waals surface area contributed by atoms with Crippen molar-refractivity contribution in [3.05, 3.63) is 57.8 Å². The number of rotatable bonds is 3. The molecule has 0 bridgehead atoms. The van der Waals surface area contributed by atoms with Gasteiger partial charge in [-0.2, -0.15) is 15.1 Å². The Labute approximate surface area is 169 Å². The van der Waals surface area contributed by atoms with Crippen LogP contribution in [0.2, 0.25) is 10.0 Å². The summed E-state index contributed by atoms with van der Waals surface area (Å²) in [6, 6.07) is 8.87. The van der Waals surface area contributed by atoms with Crippen molar-refractivity contribution < 1.29 is 4.79 Å². The van der Waals surface area contributed by atoms with Gasteiger partial charge >= 0.3 is 0 Å². The average Bonchev–Trinajstić information content (AvgIpc) is 3.24. The maximum Gasteiger partial charge on any atom is 0.283 e. The van der Waals surface area contributed by atoms with Crippen molar-refractivity contribution >= 4 is 63.0 Å². The van der Waals surface area contributed by atoms with Gasteiger partial charge in [0.15, 0.2) is 5.84 Å². The van der Waals surface area contributed by atoms with Gasteiger partial charge in [-0.15, -0.1) is 0 Å². The van der Waals surface area contributed by atoms with Crippen molar-refractivity contribution in [2.24, 2.45) is 10.1 Å². The Morgan fingerprint density at radius 2 is 2.00 bits per heavy atom. The molecule has 9 heteroatoms. The maximum absolute atomic E-state index is 12.5. The fourth-order valence-electron chi connectivity index (χ4n) is 2.75. The first-order chi connectivity index (χ1) is 13.0. The van der Waals surface area contributed by atoms with Crippen LogP contribution in [0.15, 0.2) is 52.2 Å². The van der Waals surface area contributed by atoms with Gasteiger partial charge in [0.05, 0.1) is 5.57 Å². The molecule has 0 saturated heterocycles. The van der Waals surface area contributed by atoms with E-state index in [0.717, 1.165) is 17.2 Å². The van der Waals surface area contributed by atoms with Gasteiger partial charge < -0.3 is 4.57 Å². The first-order valence-corrected chi connectivity index (χ1v) is 9.66. The number of benzene rings is 1. The minimum Gasteiger partial charge on any atom is -0.317 e. The molecule has 0 spiro atoms. The number of fused-ring (bicyclic) bond motifs is 1. The number of hydrazone groups is 1. The second-order valence-electron chi connectivity index (χ2n) is 5.80. The lowest BCUT2D eigenvalue weighted by Crippen LogP contribution is -2.35. The molecule has 1 N–H and O–H groups in total. The molecule has 0 atom stereocenters. The Balaban J connectivity index is 1.75. The molecule has 0 aliphatic carbocycles. The van der Waals surface area contributed by atoms with Gasteiger partial charge in [0.25, 0.3) is 5.91 Å². The monoisotopic (exact) mass is 417 g/mol. The number of carbonyl (C=O) groups excluding carboxylic acids is 1. The Morgan fingerprint density at radius 1 is 1.26 bits per heavy atom. The van der Waals surface area contributed by atoms with E-state index in [1.807, 2.05) is 29.8 Å². The van der Waals surface area contributed by atoms with Gasteiger partial charge in [0, 0.05) is 27.6 Å². The van der Waals surface area contributed by atoms with Gasteiger partial charge in [0.2, 0.25) is 5.17 Å². The Hall–Kier alpha value is -2.35. The topological polar surface area (TPSA) is 73.8 Å². The summed E-state index contributed by atoms with van der Waals surface area (Å²) in [5.41, 5.74) is 1.63. The number of aromatic nitrogens is 1. The number of nitrogens with one attached hydrogen (secondary N) is 1. The number of nitrogens with zero attached hydrogens (tertiary/aromatic N) is 4. The number of aliphatic imine (C=N–C) groups is 1. The Bertz CT molecular complexity index is 1050. The first kappa shape index (κ1) is 18.0. The number of hydrogen-bond donors (Lipinski definition) is 1. The highest BCUT2D eigenvalue weighted by atomic mass is 35.5. The lowest BCUT2D eigenvalue weighted by atomic mass is 10.1. The molecular formula is C18H13Cl2N5OS. The second-order valence-corrected chi connectivity index (χ2v) is 7.71. The molecule has 136 valence electrons. The van der Waals surface area contributed by atoms with Crippen molar-refractivity contribution in [3.8, 4) is 5.69 Å². The molecule has 27 heavy (non-hydrogen) atoms. The van der Waals surface area contributed by atoms with Crippen LogP contribution in [0.3, 0.4) is 0 Å². The van der Waals surface area contributed by atoms with Crippen LogP contribution in [-0.2, 0) is 4.79 Å². The molecule has 1 aromatic heterocycles. The molecule has 6 nitrogen and oxygen atoms in total. The van der Waals surface area contributed by atoms with Gasteiger partial charge in [0.1, 0.15) is 5.04 Å². The summed E-state index contributed by atoms with van der Waals surface area (Å²) in [6.45, 7) is 1.97. The lowest BCUT2D eigenvalue weighted by Gasteiger charge is -2.20. The molecule has 2 aromatic rings. The van der Waals surface area contributed by atoms with E-state index in [2.05, 4.69) is 10.1 Å². The third kappa shape index (κ3) is 3.34. The number of carbonyl (C=O) groups is 1. The van der Waals surface area contributed by atoms with Crippen LogP contribution in [0.4, 0.5) is 0 Å². The van der Waals surface area contributed by atoms with Crippen LogP contribution in [0.1, 0.15) is 19.0 Å². The molecule has 0 saturated carbocycles. The highest BCUT2D eigenvalue weighted by molar-refractivity contribution is 8.26. The Kier molecular flexibility index (Phi) is 4.67. The van der Waals surface area contributed by atoms with Crippen LogP contribution in [-0.4, -0.2) is 31.5 Å². The fraction of sp³-hybridized carbons (Fsp3) is 0.111. The highest BCUT2D eigenvalue weighted by Gasteiger charge is 2.35. The number of amides is 1. The van der Waals surface area contributed by atoms with E-state index in [1.165, 1.54) is 16.8 Å². The predicted molar refractivity (Wildman–Crippen MR) is 111 cm³/mol. The standard InChI is InChI=1S/C18H13Cl2N5OS/c1-2-15-23-25-16(21)14(17(26)22-18(25)27-15)9-12-4-3-5-24(12)13-7-10(19)6-11(20)8-13/h3-9,21H,2H2,1H3/b14-9+,21-16?. The zero-order valence-corrected chi connectivity index (χ0v) is 16.4. The third-order valence-electron chi connectivity index (χ3n) is 4.00. The fourth-order valence-corrected chi connectivity index (χ4v) is 4.09. The van der Waals surface area contributed by atoms with E-state index in [0.29, 0.717) is 20.9 Å². The zero-order valence-electron chi connectivity index (χ0n) is 14.1. The number of amidine groups is 2. The van der Waals surface area contributed by atoms with Crippen LogP contribution < -0.4 is 0 Å². The number of halogens is 2. The average molecular weight is 418 g/mol. The van der Waals surface area contributed by atoms with Gasteiger partial charge in [-0.1, -0.05) is 30.1 Å². The van der Waals surface area contributed by atoms with Crippen LogP contribution >= 0.6 is 35.0 Å². The van der Waals surface area contributed by atoms with Crippen LogP contribution in [0.25, 0.3) is 11.8 Å². The molecule has 0 radical (unpaired) electrons. The number of hydrogen-bond acceptors (Lipinski definition) is 4. The first-order valence-electron chi connectivity index (χ1n) is 8.09. The minimum atomic E-state index is -0.455. The highest BCUT2D eigenvalue weighted by Crippen LogP contribution is 2.30. The molecular weight excluding hydrogens is 405 g/mol. The van der Waals surface area contributed by atoms with E-state index < -0.39 is 5.91 Å². The van der Waals surface area contributed by atoms with Crippen molar-refractivity contribution in [1.29, 1.82) is 5.41 Å². The lowest BCUT2D eigenvalue weighted by molar-refractivity contribution is -0.114. The molecule has 4 rings (SSSR count). The molecule has 3 heterocycles. The maximum atomic E-state index is 12.5. The molecule has 1 aromatic carbocycles. The summed E-state index contributed by atoms with van der Waals surface area (Å²) >= 11 is 13.5. The third-order valence-corrected chi connectivity index (χ3v) is 5.49. The van der Waals surface area contributed by atoms with E-state index in [-0.39, 0.29) is 11.4 Å². The van der Waals surface area contributed by atoms with Crippen LogP contribution in [0, 0.1) is 5.41 Å². The van der Waals surface area contributed by atoms with Gasteiger partial charge in [-0.25, -0.2) is 0 Å². The second kappa shape index (κ2) is 6.99. The summed E-state index contributed by atoms with van der Waals surface area (Å²) in [7, 11) is 0. The van der Waals surface area contributed by atoms with Gasteiger partial charge in [-0.3, -0.25) is 10.2 Å². The van der Waals surface area contributed by atoms with E-state index >= 15 is 0 Å². The summed E-state index contributed by atoms with van der Waals surface area (Å²) < 4.78 is 1.84. The quantitative estimate of drug-likeness (QED) is 0.727. The minimum absolute atomic E-state index is 0.0119. The SMILES string of the molecule is CCC1=NN2C(=N)/C(=C\c3cccn3-c3cc(Cl)cc(Cl)c3)C(=O)N=C2S1. The molecule has 1 amide bonds. The summed E-state index contributed by atoms with van der Waals surface area (Å²) in [5.74, 6) is -0.444. The Morgan fingerprint density at radius 3 is 2.70 bits per heavy atom. The predicted octanol–water partition coefficient (Wildman–Crippen LogP) is 4.81. The van der Waals surface area contributed by atoms with Crippen molar-refractivity contribution in [1.82, 2.24) is 9.58 Å².